The Labute approximate surface area is 80.3 Å². The van der Waals surface area contributed by atoms with Crippen LogP contribution >= 0.6 is 11.3 Å². The summed E-state index contributed by atoms with van der Waals surface area (Å²) in [5.74, 6) is -0.655. The molecule has 0 radical (unpaired) electrons. The van der Waals surface area contributed by atoms with Crippen molar-refractivity contribution in [2.24, 2.45) is 0 Å². The number of hydrogen-bond acceptors (Lipinski definition) is 4. The number of rotatable bonds is 3. The van der Waals surface area contributed by atoms with Crippen LogP contribution in [0.2, 0.25) is 0 Å². The molecule has 0 fully saturated rings. The third-order valence-corrected chi connectivity index (χ3v) is 2.71. The second-order valence-electron chi connectivity index (χ2n) is 2.61. The van der Waals surface area contributed by atoms with Crippen LogP contribution in [0.3, 0.4) is 0 Å². The van der Waals surface area contributed by atoms with Crippen LogP contribution in [0.25, 0.3) is 0 Å². The molecule has 0 amide bonds. The highest BCUT2D eigenvalue weighted by Gasteiger charge is 2.14. The fourth-order valence-electron chi connectivity index (χ4n) is 0.942. The zero-order chi connectivity index (χ0) is 9.84. The van der Waals surface area contributed by atoms with E-state index >= 15 is 0 Å². The molecular formula is C9H10O3S. The van der Waals surface area contributed by atoms with Crippen LogP contribution < -0.4 is 0 Å². The van der Waals surface area contributed by atoms with Crippen LogP contribution in [0, 0.1) is 6.92 Å². The first-order valence-electron chi connectivity index (χ1n) is 3.79. The molecule has 0 bridgehead atoms. The first-order valence-corrected chi connectivity index (χ1v) is 4.67. The maximum absolute atomic E-state index is 11.4. The second-order valence-corrected chi connectivity index (χ2v) is 3.52. The highest BCUT2D eigenvalue weighted by atomic mass is 32.1. The van der Waals surface area contributed by atoms with Crippen molar-refractivity contribution < 1.29 is 14.3 Å². The molecule has 1 aromatic rings. The number of ketones is 1. The van der Waals surface area contributed by atoms with E-state index in [4.69, 9.17) is 0 Å². The van der Waals surface area contributed by atoms with Gasteiger partial charge in [-0.15, -0.1) is 11.3 Å². The van der Waals surface area contributed by atoms with E-state index in [1.807, 2.05) is 18.4 Å². The van der Waals surface area contributed by atoms with Crippen LogP contribution in [0.1, 0.15) is 21.7 Å². The largest absolute Gasteiger partial charge is 0.469 e. The summed E-state index contributed by atoms with van der Waals surface area (Å²) in [6, 6.07) is 1.86. The van der Waals surface area contributed by atoms with Gasteiger partial charge in [-0.3, -0.25) is 9.59 Å². The van der Waals surface area contributed by atoms with Gasteiger partial charge in [0.15, 0.2) is 5.78 Å². The maximum Gasteiger partial charge on any atom is 0.313 e. The van der Waals surface area contributed by atoms with Crippen LogP contribution in [-0.2, 0) is 9.53 Å². The van der Waals surface area contributed by atoms with Gasteiger partial charge >= 0.3 is 5.97 Å². The van der Waals surface area contributed by atoms with E-state index in [9.17, 15) is 9.59 Å². The number of thiophene rings is 1. The van der Waals surface area contributed by atoms with E-state index in [0.717, 1.165) is 5.56 Å². The number of hydrogen-bond donors (Lipinski definition) is 0. The Bertz CT molecular complexity index is 327. The van der Waals surface area contributed by atoms with Crippen molar-refractivity contribution >= 4 is 23.1 Å². The van der Waals surface area contributed by atoms with Crippen molar-refractivity contribution in [3.63, 3.8) is 0 Å². The number of Topliss-reactive ketones (excluding diaryl/α,β-unsaturated/α-hetero) is 1. The van der Waals surface area contributed by atoms with E-state index in [-0.39, 0.29) is 12.2 Å². The third-order valence-electron chi connectivity index (χ3n) is 1.65. The van der Waals surface area contributed by atoms with Crippen molar-refractivity contribution in [3.8, 4) is 0 Å². The van der Waals surface area contributed by atoms with Crippen LogP contribution in [0.5, 0.6) is 0 Å². The number of ether oxygens (including phenoxy) is 1. The monoisotopic (exact) mass is 198 g/mol. The summed E-state index contributed by atoms with van der Waals surface area (Å²) in [6.45, 7) is 1.85. The molecule has 1 aromatic heterocycles. The molecule has 0 spiro atoms. The molecule has 0 aliphatic heterocycles. The molecule has 0 atom stereocenters. The van der Waals surface area contributed by atoms with E-state index in [0.29, 0.717) is 4.88 Å². The molecular weight excluding hydrogens is 188 g/mol. The van der Waals surface area contributed by atoms with Gasteiger partial charge in [-0.25, -0.2) is 0 Å². The zero-order valence-electron chi connectivity index (χ0n) is 7.49. The minimum absolute atomic E-state index is 0.167. The fraction of sp³-hybridized carbons (Fsp3) is 0.333. The molecule has 0 N–H and O–H groups in total. The average molecular weight is 198 g/mol. The summed E-state index contributed by atoms with van der Waals surface area (Å²) in [5, 5.41) is 1.83. The van der Waals surface area contributed by atoms with Gasteiger partial charge in [-0.1, -0.05) is 0 Å². The predicted octanol–water partition coefficient (Wildman–Crippen LogP) is 1.80. The number of esters is 1. The van der Waals surface area contributed by atoms with E-state index in [1.165, 1.54) is 18.4 Å². The Morgan fingerprint density at radius 2 is 2.23 bits per heavy atom. The third kappa shape index (κ3) is 2.39. The van der Waals surface area contributed by atoms with Crippen molar-refractivity contribution in [2.45, 2.75) is 13.3 Å². The SMILES string of the molecule is COC(=O)CC(=O)c1sccc1C. The first kappa shape index (κ1) is 9.92. The lowest BCUT2D eigenvalue weighted by atomic mass is 10.2. The lowest BCUT2D eigenvalue weighted by Gasteiger charge is -1.97. The molecule has 1 rings (SSSR count). The van der Waals surface area contributed by atoms with Crippen LogP contribution in [0.15, 0.2) is 11.4 Å². The van der Waals surface area contributed by atoms with Gasteiger partial charge in [0.2, 0.25) is 0 Å². The lowest BCUT2D eigenvalue weighted by Crippen LogP contribution is -2.08. The minimum Gasteiger partial charge on any atom is -0.469 e. The van der Waals surface area contributed by atoms with E-state index in [1.54, 1.807) is 0 Å². The fourth-order valence-corrected chi connectivity index (χ4v) is 1.81. The Hall–Kier alpha value is -1.16. The molecule has 0 aromatic carbocycles. The van der Waals surface area contributed by atoms with Crippen molar-refractivity contribution in [1.29, 1.82) is 0 Å². The van der Waals surface area contributed by atoms with Crippen LogP contribution in [0.4, 0.5) is 0 Å². The molecule has 0 unspecified atom stereocenters. The summed E-state index contributed by atoms with van der Waals surface area (Å²) in [7, 11) is 1.27. The quantitative estimate of drug-likeness (QED) is 0.422. The minimum atomic E-state index is -0.488. The summed E-state index contributed by atoms with van der Waals surface area (Å²) in [4.78, 5) is 22.8. The molecule has 13 heavy (non-hydrogen) atoms. The van der Waals surface area contributed by atoms with Crippen molar-refractivity contribution in [2.75, 3.05) is 7.11 Å². The standard InChI is InChI=1S/C9H10O3S/c1-6-3-4-13-9(6)7(10)5-8(11)12-2/h3-4H,5H2,1-2H3. The molecule has 0 saturated heterocycles. The molecule has 70 valence electrons. The highest BCUT2D eigenvalue weighted by molar-refractivity contribution is 7.12. The molecule has 4 heteroatoms. The Morgan fingerprint density at radius 3 is 2.69 bits per heavy atom. The first-order chi connectivity index (χ1) is 6.15. The molecule has 1 heterocycles. The summed E-state index contributed by atoms with van der Waals surface area (Å²) < 4.78 is 4.40. The molecule has 0 aliphatic carbocycles. The van der Waals surface area contributed by atoms with Gasteiger partial charge in [0, 0.05) is 0 Å². The predicted molar refractivity (Wildman–Crippen MR) is 50.0 cm³/mol. The van der Waals surface area contributed by atoms with Gasteiger partial charge < -0.3 is 4.74 Å². The van der Waals surface area contributed by atoms with E-state index < -0.39 is 5.97 Å². The Balaban J connectivity index is 2.69. The van der Waals surface area contributed by atoms with Gasteiger partial charge in [0.25, 0.3) is 0 Å². The Morgan fingerprint density at radius 1 is 1.54 bits per heavy atom. The second kappa shape index (κ2) is 4.18. The highest BCUT2D eigenvalue weighted by Crippen LogP contribution is 2.17. The molecule has 0 saturated carbocycles. The summed E-state index contributed by atoms with van der Waals surface area (Å²) >= 11 is 1.35. The van der Waals surface area contributed by atoms with Gasteiger partial charge in [-0.05, 0) is 23.9 Å². The summed E-state index contributed by atoms with van der Waals surface area (Å²) in [6.07, 6.45) is -0.169. The smallest absolute Gasteiger partial charge is 0.313 e. The molecule has 0 aliphatic rings. The zero-order valence-corrected chi connectivity index (χ0v) is 8.31. The van der Waals surface area contributed by atoms with Crippen LogP contribution in [-0.4, -0.2) is 18.9 Å². The molecule has 3 nitrogen and oxygen atoms in total. The van der Waals surface area contributed by atoms with Gasteiger partial charge in [0.1, 0.15) is 6.42 Å². The number of methoxy groups -OCH3 is 1. The number of aryl methyl sites for hydroxylation is 1. The topological polar surface area (TPSA) is 43.4 Å². The normalized spacial score (nSPS) is 9.69. The number of carbonyl (C=O) groups excluding carboxylic acids is 2. The maximum atomic E-state index is 11.4. The van der Waals surface area contributed by atoms with Crippen molar-refractivity contribution in [1.82, 2.24) is 0 Å². The van der Waals surface area contributed by atoms with Gasteiger partial charge in [0.05, 0.1) is 12.0 Å². The van der Waals surface area contributed by atoms with Crippen molar-refractivity contribution in [3.05, 3.63) is 21.9 Å². The Kier molecular flexibility index (Phi) is 3.19. The van der Waals surface area contributed by atoms with Gasteiger partial charge in [-0.2, -0.15) is 0 Å². The lowest BCUT2D eigenvalue weighted by molar-refractivity contribution is -0.139. The number of carbonyl (C=O) groups is 2. The summed E-state index contributed by atoms with van der Waals surface area (Å²) in [5.41, 5.74) is 0.916. The van der Waals surface area contributed by atoms with E-state index in [2.05, 4.69) is 4.74 Å². The average Bonchev–Trinajstić information content (AvgIpc) is 2.51.